The highest BCUT2D eigenvalue weighted by Gasteiger charge is 2.26. The first-order chi connectivity index (χ1) is 6.74. The van der Waals surface area contributed by atoms with Crippen molar-refractivity contribution in [3.05, 3.63) is 0 Å². The number of carboxylic acids is 1. The van der Waals surface area contributed by atoms with Crippen molar-refractivity contribution in [3.63, 3.8) is 0 Å². The molecule has 2 unspecified atom stereocenters. The van der Waals surface area contributed by atoms with E-state index < -0.39 is 24.5 Å². The fraction of sp³-hybridized carbons (Fsp3) is 0.889. The van der Waals surface area contributed by atoms with Gasteiger partial charge in [0.25, 0.3) is 0 Å². The minimum atomic E-state index is -4.14. The molecule has 0 amide bonds. The Hall–Kier alpha value is -0.780. The van der Waals surface area contributed by atoms with Crippen LogP contribution in [0.25, 0.3) is 0 Å². The van der Waals surface area contributed by atoms with Gasteiger partial charge in [-0.2, -0.15) is 13.2 Å². The molecule has 0 saturated carbocycles. The van der Waals surface area contributed by atoms with E-state index in [1.54, 1.807) is 6.92 Å². The van der Waals surface area contributed by atoms with Crippen molar-refractivity contribution in [1.82, 2.24) is 5.32 Å². The summed E-state index contributed by atoms with van der Waals surface area (Å²) in [5, 5.41) is 11.4. The Bertz CT molecular complexity index is 206. The Morgan fingerprint density at radius 1 is 1.40 bits per heavy atom. The molecule has 0 fully saturated rings. The van der Waals surface area contributed by atoms with Crippen molar-refractivity contribution < 1.29 is 23.1 Å². The second-order valence-corrected chi connectivity index (χ2v) is 3.59. The lowest BCUT2D eigenvalue weighted by Gasteiger charge is -2.17. The summed E-state index contributed by atoms with van der Waals surface area (Å²) in [5.41, 5.74) is 0. The number of nitrogens with one attached hydrogen (secondary N) is 1. The van der Waals surface area contributed by atoms with Gasteiger partial charge in [0.15, 0.2) is 0 Å². The van der Waals surface area contributed by atoms with Crippen LogP contribution in [-0.4, -0.2) is 29.8 Å². The van der Waals surface area contributed by atoms with Gasteiger partial charge in [-0.25, -0.2) is 0 Å². The van der Waals surface area contributed by atoms with Crippen LogP contribution in [0.4, 0.5) is 13.2 Å². The molecule has 0 aliphatic heterocycles. The molecule has 0 rings (SSSR count). The second-order valence-electron chi connectivity index (χ2n) is 3.59. The Kier molecular flexibility index (Phi) is 5.64. The number of halogens is 3. The Labute approximate surface area is 86.7 Å². The van der Waals surface area contributed by atoms with Gasteiger partial charge in [-0.05, 0) is 19.9 Å². The third kappa shape index (κ3) is 7.18. The smallest absolute Gasteiger partial charge is 0.389 e. The number of carboxylic acid groups (broad SMARTS) is 1. The first kappa shape index (κ1) is 14.2. The van der Waals surface area contributed by atoms with Crippen molar-refractivity contribution in [1.29, 1.82) is 0 Å². The molecular formula is C9H16F3NO2. The van der Waals surface area contributed by atoms with Gasteiger partial charge in [-0.1, -0.05) is 6.92 Å². The summed E-state index contributed by atoms with van der Waals surface area (Å²) >= 11 is 0. The number of alkyl halides is 3. The zero-order chi connectivity index (χ0) is 12.1. The highest BCUT2D eigenvalue weighted by molar-refractivity contribution is 5.70. The molecule has 6 heteroatoms. The molecule has 90 valence electrons. The zero-order valence-corrected chi connectivity index (χ0v) is 8.77. The minimum absolute atomic E-state index is 0.0276. The summed E-state index contributed by atoms with van der Waals surface area (Å²) in [6.07, 6.45) is -5.00. The molecule has 0 spiro atoms. The molecule has 15 heavy (non-hydrogen) atoms. The highest BCUT2D eigenvalue weighted by atomic mass is 19.4. The first-order valence-electron chi connectivity index (χ1n) is 4.77. The molecule has 0 heterocycles. The fourth-order valence-electron chi connectivity index (χ4n) is 1.01. The molecular weight excluding hydrogens is 211 g/mol. The van der Waals surface area contributed by atoms with E-state index in [1.165, 1.54) is 6.92 Å². The van der Waals surface area contributed by atoms with Crippen LogP contribution in [0.2, 0.25) is 0 Å². The van der Waals surface area contributed by atoms with Crippen LogP contribution in [0.15, 0.2) is 0 Å². The maximum absolute atomic E-state index is 11.7. The molecule has 2 N–H and O–H groups in total. The summed E-state index contributed by atoms with van der Waals surface area (Å²) < 4.78 is 35.2. The van der Waals surface area contributed by atoms with Gasteiger partial charge in [0.05, 0.1) is 5.92 Å². The molecule has 0 aromatic heterocycles. The van der Waals surface area contributed by atoms with Gasteiger partial charge in [-0.3, -0.25) is 4.79 Å². The zero-order valence-electron chi connectivity index (χ0n) is 8.77. The van der Waals surface area contributed by atoms with E-state index in [2.05, 4.69) is 5.32 Å². The summed E-state index contributed by atoms with van der Waals surface area (Å²) in [6, 6.07) is -0.323. The highest BCUT2D eigenvalue weighted by Crippen LogP contribution is 2.20. The third-order valence-corrected chi connectivity index (χ3v) is 2.24. The summed E-state index contributed by atoms with van der Waals surface area (Å²) in [5.74, 6) is -1.55. The minimum Gasteiger partial charge on any atom is -0.481 e. The first-order valence-corrected chi connectivity index (χ1v) is 4.77. The van der Waals surface area contributed by atoms with Crippen LogP contribution in [0.3, 0.4) is 0 Å². The number of aliphatic carboxylic acids is 1. The predicted molar refractivity (Wildman–Crippen MR) is 49.6 cm³/mol. The summed E-state index contributed by atoms with van der Waals surface area (Å²) in [7, 11) is 0. The average molecular weight is 227 g/mol. The van der Waals surface area contributed by atoms with E-state index in [0.717, 1.165) is 0 Å². The van der Waals surface area contributed by atoms with E-state index in [0.29, 0.717) is 0 Å². The quantitative estimate of drug-likeness (QED) is 0.682. The van der Waals surface area contributed by atoms with Crippen LogP contribution in [0.1, 0.15) is 26.7 Å². The second kappa shape index (κ2) is 5.95. The Morgan fingerprint density at radius 2 is 1.93 bits per heavy atom. The average Bonchev–Trinajstić information content (AvgIpc) is 2.09. The van der Waals surface area contributed by atoms with Crippen molar-refractivity contribution in [2.75, 3.05) is 6.54 Å². The van der Waals surface area contributed by atoms with Crippen LogP contribution >= 0.6 is 0 Å². The van der Waals surface area contributed by atoms with Crippen molar-refractivity contribution in [3.8, 4) is 0 Å². The Morgan fingerprint density at radius 3 is 2.33 bits per heavy atom. The standard InChI is InChI=1S/C9H16F3NO2/c1-6(8(14)15)7(2)13-5-3-4-9(10,11)12/h6-7,13H,3-5H2,1-2H3,(H,14,15). The van der Waals surface area contributed by atoms with Crippen LogP contribution in [-0.2, 0) is 4.79 Å². The molecule has 0 aliphatic rings. The molecule has 2 atom stereocenters. The maximum atomic E-state index is 11.7. The molecule has 0 aromatic carbocycles. The summed E-state index contributed by atoms with van der Waals surface area (Å²) in [6.45, 7) is 3.34. The molecule has 0 radical (unpaired) electrons. The monoisotopic (exact) mass is 227 g/mol. The van der Waals surface area contributed by atoms with Gasteiger partial charge in [-0.15, -0.1) is 0 Å². The maximum Gasteiger partial charge on any atom is 0.389 e. The van der Waals surface area contributed by atoms with Gasteiger partial charge in [0.2, 0.25) is 0 Å². The topological polar surface area (TPSA) is 49.3 Å². The lowest BCUT2D eigenvalue weighted by atomic mass is 10.0. The van der Waals surface area contributed by atoms with E-state index >= 15 is 0 Å². The van der Waals surface area contributed by atoms with E-state index in [4.69, 9.17) is 5.11 Å². The molecule has 0 bridgehead atoms. The Balaban J connectivity index is 3.64. The van der Waals surface area contributed by atoms with Crippen molar-refractivity contribution >= 4 is 5.97 Å². The normalized spacial score (nSPS) is 16.1. The van der Waals surface area contributed by atoms with E-state index in [9.17, 15) is 18.0 Å². The van der Waals surface area contributed by atoms with Crippen molar-refractivity contribution in [2.24, 2.45) is 5.92 Å². The molecule has 0 aromatic rings. The number of rotatable bonds is 6. The fourth-order valence-corrected chi connectivity index (χ4v) is 1.01. The third-order valence-electron chi connectivity index (χ3n) is 2.24. The van der Waals surface area contributed by atoms with Gasteiger partial charge >= 0.3 is 12.1 Å². The number of hydrogen-bond donors (Lipinski definition) is 2. The SMILES string of the molecule is CC(NCCCC(F)(F)F)C(C)C(=O)O. The van der Waals surface area contributed by atoms with E-state index in [1.807, 2.05) is 0 Å². The van der Waals surface area contributed by atoms with Gasteiger partial charge < -0.3 is 10.4 Å². The molecule has 0 saturated heterocycles. The van der Waals surface area contributed by atoms with Gasteiger partial charge in [0.1, 0.15) is 0 Å². The molecule has 0 aliphatic carbocycles. The van der Waals surface area contributed by atoms with Gasteiger partial charge in [0, 0.05) is 12.5 Å². The van der Waals surface area contributed by atoms with E-state index in [-0.39, 0.29) is 19.0 Å². The van der Waals surface area contributed by atoms with Crippen molar-refractivity contribution in [2.45, 2.75) is 38.9 Å². The van der Waals surface area contributed by atoms with Crippen LogP contribution < -0.4 is 5.32 Å². The molecule has 3 nitrogen and oxygen atoms in total. The number of hydrogen-bond acceptors (Lipinski definition) is 2. The predicted octanol–water partition coefficient (Wildman–Crippen LogP) is 2.03. The largest absolute Gasteiger partial charge is 0.481 e. The lowest BCUT2D eigenvalue weighted by molar-refractivity contribution is -0.142. The van der Waals surface area contributed by atoms with Crippen LogP contribution in [0.5, 0.6) is 0 Å². The van der Waals surface area contributed by atoms with Crippen LogP contribution in [0, 0.1) is 5.92 Å². The lowest BCUT2D eigenvalue weighted by Crippen LogP contribution is -2.37. The summed E-state index contributed by atoms with van der Waals surface area (Å²) in [4.78, 5) is 10.5. The number of carbonyl (C=O) groups is 1.